The average molecular weight is 258 g/mol. The van der Waals surface area contributed by atoms with Crippen LogP contribution in [0, 0.1) is 5.92 Å². The van der Waals surface area contributed by atoms with Crippen LogP contribution in [-0.2, 0) is 4.74 Å². The molecule has 1 aromatic carbocycles. The summed E-state index contributed by atoms with van der Waals surface area (Å²) < 4.78 is 7.34. The molecule has 100 valence electrons. The van der Waals surface area contributed by atoms with Gasteiger partial charge in [-0.3, -0.25) is 0 Å². The van der Waals surface area contributed by atoms with Crippen molar-refractivity contribution in [2.75, 3.05) is 13.2 Å². The first-order chi connectivity index (χ1) is 9.36. The third kappa shape index (κ3) is 2.52. The molecule has 0 radical (unpaired) electrons. The topological polar surface area (TPSA) is 66.0 Å². The second-order valence-electron chi connectivity index (χ2n) is 4.91. The smallest absolute Gasteiger partial charge is 0.0816 e. The molecule has 5 nitrogen and oxygen atoms in total. The molecule has 3 rings (SSSR count). The fourth-order valence-corrected chi connectivity index (χ4v) is 2.53. The monoisotopic (exact) mass is 258 g/mol. The van der Waals surface area contributed by atoms with Gasteiger partial charge in [-0.15, -0.1) is 5.10 Å². The van der Waals surface area contributed by atoms with Crippen LogP contribution in [0.5, 0.6) is 0 Å². The van der Waals surface area contributed by atoms with Gasteiger partial charge in [0.2, 0.25) is 0 Å². The fourth-order valence-electron chi connectivity index (χ4n) is 2.53. The largest absolute Gasteiger partial charge is 0.381 e. The molecule has 0 aliphatic carbocycles. The normalized spacial score (nSPS) is 21.2. The summed E-state index contributed by atoms with van der Waals surface area (Å²) in [5.74, 6) is 0.342. The van der Waals surface area contributed by atoms with Gasteiger partial charge in [0.1, 0.15) is 0 Å². The van der Waals surface area contributed by atoms with Crippen molar-refractivity contribution < 1.29 is 4.74 Å². The van der Waals surface area contributed by atoms with Crippen molar-refractivity contribution in [2.45, 2.75) is 18.9 Å². The van der Waals surface area contributed by atoms with Gasteiger partial charge >= 0.3 is 0 Å². The number of hydrogen-bond donors (Lipinski definition) is 1. The Bertz CT molecular complexity index is 519. The SMILES string of the molecule is NC(c1cnnn1-c1ccccc1)C1CCCOC1. The van der Waals surface area contributed by atoms with E-state index in [2.05, 4.69) is 10.3 Å². The van der Waals surface area contributed by atoms with Crippen molar-refractivity contribution in [3.8, 4) is 5.69 Å². The number of aromatic nitrogens is 3. The zero-order valence-corrected chi connectivity index (χ0v) is 10.8. The lowest BCUT2D eigenvalue weighted by Crippen LogP contribution is -2.30. The van der Waals surface area contributed by atoms with Crippen molar-refractivity contribution in [3.05, 3.63) is 42.2 Å². The lowest BCUT2D eigenvalue weighted by molar-refractivity contribution is 0.0439. The van der Waals surface area contributed by atoms with Gasteiger partial charge in [0.05, 0.1) is 30.2 Å². The summed E-state index contributed by atoms with van der Waals surface area (Å²) in [6, 6.07) is 9.86. The first-order valence-corrected chi connectivity index (χ1v) is 6.65. The average Bonchev–Trinajstić information content (AvgIpc) is 2.98. The first-order valence-electron chi connectivity index (χ1n) is 6.65. The molecule has 0 amide bonds. The van der Waals surface area contributed by atoms with Crippen molar-refractivity contribution >= 4 is 0 Å². The lowest BCUT2D eigenvalue weighted by atomic mass is 9.92. The van der Waals surface area contributed by atoms with E-state index >= 15 is 0 Å². The van der Waals surface area contributed by atoms with Crippen LogP contribution >= 0.6 is 0 Å². The molecule has 19 heavy (non-hydrogen) atoms. The Hall–Kier alpha value is -1.72. The van der Waals surface area contributed by atoms with Gasteiger partial charge in [-0.2, -0.15) is 0 Å². The molecule has 1 aliphatic rings. The zero-order valence-electron chi connectivity index (χ0n) is 10.8. The lowest BCUT2D eigenvalue weighted by Gasteiger charge is -2.27. The van der Waals surface area contributed by atoms with Crippen LogP contribution in [-0.4, -0.2) is 28.2 Å². The summed E-state index contributed by atoms with van der Waals surface area (Å²) in [5, 5.41) is 8.15. The maximum absolute atomic E-state index is 6.37. The van der Waals surface area contributed by atoms with Crippen molar-refractivity contribution in [3.63, 3.8) is 0 Å². The van der Waals surface area contributed by atoms with E-state index in [9.17, 15) is 0 Å². The summed E-state index contributed by atoms with van der Waals surface area (Å²) in [6.45, 7) is 1.57. The van der Waals surface area contributed by atoms with E-state index in [-0.39, 0.29) is 6.04 Å². The number of nitrogens with zero attached hydrogens (tertiary/aromatic N) is 3. The fraction of sp³-hybridized carbons (Fsp3) is 0.429. The highest BCUT2D eigenvalue weighted by atomic mass is 16.5. The number of rotatable bonds is 3. The molecule has 2 aromatic rings. The number of para-hydroxylation sites is 1. The Morgan fingerprint density at radius 3 is 2.89 bits per heavy atom. The summed E-state index contributed by atoms with van der Waals surface area (Å²) >= 11 is 0. The molecule has 0 saturated carbocycles. The molecule has 0 spiro atoms. The standard InChI is InChI=1S/C14H18N4O/c15-14(11-5-4-8-19-10-11)13-9-16-17-18(13)12-6-2-1-3-7-12/h1-3,6-7,9,11,14H,4-5,8,10,15H2. The summed E-state index contributed by atoms with van der Waals surface area (Å²) in [4.78, 5) is 0. The predicted molar refractivity (Wildman–Crippen MR) is 71.8 cm³/mol. The molecule has 1 aromatic heterocycles. The highest BCUT2D eigenvalue weighted by Crippen LogP contribution is 2.27. The molecule has 1 saturated heterocycles. The van der Waals surface area contributed by atoms with E-state index in [1.165, 1.54) is 0 Å². The summed E-state index contributed by atoms with van der Waals surface area (Å²) in [6.07, 6.45) is 3.93. The van der Waals surface area contributed by atoms with E-state index < -0.39 is 0 Å². The minimum atomic E-state index is -0.0875. The molecule has 1 fully saturated rings. The quantitative estimate of drug-likeness (QED) is 0.910. The number of hydrogen-bond acceptors (Lipinski definition) is 4. The second-order valence-corrected chi connectivity index (χ2v) is 4.91. The summed E-state index contributed by atoms with van der Waals surface area (Å²) in [7, 11) is 0. The zero-order chi connectivity index (χ0) is 13.1. The van der Waals surface area contributed by atoms with E-state index in [1.54, 1.807) is 6.20 Å². The van der Waals surface area contributed by atoms with E-state index in [0.29, 0.717) is 5.92 Å². The minimum absolute atomic E-state index is 0.0875. The maximum atomic E-state index is 6.37. The van der Waals surface area contributed by atoms with E-state index in [4.69, 9.17) is 10.5 Å². The van der Waals surface area contributed by atoms with Crippen molar-refractivity contribution in [1.82, 2.24) is 15.0 Å². The molecule has 5 heteroatoms. The van der Waals surface area contributed by atoms with Gasteiger partial charge in [-0.05, 0) is 25.0 Å². The highest BCUT2D eigenvalue weighted by molar-refractivity contribution is 5.32. The van der Waals surface area contributed by atoms with Crippen LogP contribution in [0.2, 0.25) is 0 Å². The van der Waals surface area contributed by atoms with Crippen LogP contribution < -0.4 is 5.73 Å². The Morgan fingerprint density at radius 2 is 2.16 bits per heavy atom. The Balaban J connectivity index is 1.87. The molecule has 2 atom stereocenters. The van der Waals surface area contributed by atoms with Gasteiger partial charge < -0.3 is 10.5 Å². The second kappa shape index (κ2) is 5.50. The third-order valence-electron chi connectivity index (χ3n) is 3.62. The van der Waals surface area contributed by atoms with Gasteiger partial charge in [-0.25, -0.2) is 4.68 Å². The molecular weight excluding hydrogens is 240 g/mol. The predicted octanol–water partition coefficient (Wildman–Crippen LogP) is 1.69. The van der Waals surface area contributed by atoms with Crippen LogP contribution in [0.15, 0.2) is 36.5 Å². The Kier molecular flexibility index (Phi) is 3.57. The van der Waals surface area contributed by atoms with Crippen LogP contribution in [0.25, 0.3) is 5.69 Å². The summed E-state index contributed by atoms with van der Waals surface area (Å²) in [5.41, 5.74) is 8.31. The minimum Gasteiger partial charge on any atom is -0.381 e. The highest BCUT2D eigenvalue weighted by Gasteiger charge is 2.25. The number of benzene rings is 1. The van der Waals surface area contributed by atoms with Gasteiger partial charge in [0.25, 0.3) is 0 Å². The van der Waals surface area contributed by atoms with Crippen LogP contribution in [0.3, 0.4) is 0 Å². The van der Waals surface area contributed by atoms with Crippen molar-refractivity contribution in [1.29, 1.82) is 0 Å². The number of nitrogens with two attached hydrogens (primary N) is 1. The molecule has 2 heterocycles. The molecule has 1 aliphatic heterocycles. The van der Waals surface area contributed by atoms with Crippen LogP contribution in [0.1, 0.15) is 24.6 Å². The third-order valence-corrected chi connectivity index (χ3v) is 3.62. The van der Waals surface area contributed by atoms with Crippen molar-refractivity contribution in [2.24, 2.45) is 11.7 Å². The number of ether oxygens (including phenoxy) is 1. The Labute approximate surface area is 112 Å². The molecule has 0 bridgehead atoms. The molecule has 2 N–H and O–H groups in total. The van der Waals surface area contributed by atoms with Gasteiger partial charge in [-0.1, -0.05) is 23.4 Å². The Morgan fingerprint density at radius 1 is 1.32 bits per heavy atom. The first kappa shape index (κ1) is 12.3. The van der Waals surface area contributed by atoms with E-state index in [1.807, 2.05) is 35.0 Å². The van der Waals surface area contributed by atoms with Gasteiger partial charge in [0, 0.05) is 12.5 Å². The van der Waals surface area contributed by atoms with Crippen LogP contribution in [0.4, 0.5) is 0 Å². The van der Waals surface area contributed by atoms with Gasteiger partial charge in [0.15, 0.2) is 0 Å². The van der Waals surface area contributed by atoms with E-state index in [0.717, 1.165) is 37.4 Å². The maximum Gasteiger partial charge on any atom is 0.0816 e. The molecular formula is C14H18N4O. The molecule has 2 unspecified atom stereocenters.